The lowest BCUT2D eigenvalue weighted by Crippen LogP contribution is -2.32. The Balaban J connectivity index is 2.42. The highest BCUT2D eigenvalue weighted by Crippen LogP contribution is 2.29. The van der Waals surface area contributed by atoms with Gasteiger partial charge in [0.25, 0.3) is 0 Å². The van der Waals surface area contributed by atoms with Crippen LogP contribution in [0.3, 0.4) is 0 Å². The van der Waals surface area contributed by atoms with E-state index in [-0.39, 0.29) is 4.75 Å². The van der Waals surface area contributed by atoms with Crippen LogP contribution in [0.4, 0.5) is 0 Å². The van der Waals surface area contributed by atoms with Gasteiger partial charge in [-0.2, -0.15) is 0 Å². The van der Waals surface area contributed by atoms with E-state index in [4.69, 9.17) is 4.74 Å². The van der Waals surface area contributed by atoms with Crippen LogP contribution in [0.2, 0.25) is 0 Å². The molecule has 1 fully saturated rings. The van der Waals surface area contributed by atoms with Crippen LogP contribution in [-0.4, -0.2) is 21.3 Å². The second-order valence-corrected chi connectivity index (χ2v) is 7.21. The molecule has 1 heterocycles. The third kappa shape index (κ3) is 4.28. The smallest absolute Gasteiger partial charge is 0.0887 e. The molecule has 0 bridgehead atoms. The van der Waals surface area contributed by atoms with Crippen LogP contribution in [-0.2, 0) is 15.5 Å². The summed E-state index contributed by atoms with van der Waals surface area (Å²) in [6.45, 7) is 6.88. The van der Waals surface area contributed by atoms with Gasteiger partial charge in [-0.1, -0.05) is 12.8 Å². The van der Waals surface area contributed by atoms with Crippen LogP contribution in [0.15, 0.2) is 11.8 Å². The molecule has 0 amide bonds. The second kappa shape index (κ2) is 6.43. The Bertz CT molecular complexity index is 269. The van der Waals surface area contributed by atoms with E-state index in [9.17, 15) is 4.21 Å². The molecule has 3 heteroatoms. The molecule has 0 spiro atoms. The van der Waals surface area contributed by atoms with Gasteiger partial charge in [-0.3, -0.25) is 4.21 Å². The van der Waals surface area contributed by atoms with Crippen molar-refractivity contribution in [1.29, 1.82) is 0 Å². The Morgan fingerprint density at radius 3 is 2.81 bits per heavy atom. The highest BCUT2D eigenvalue weighted by atomic mass is 32.2. The summed E-state index contributed by atoms with van der Waals surface area (Å²) in [6, 6.07) is 0. The molecule has 0 aromatic carbocycles. The summed E-state index contributed by atoms with van der Waals surface area (Å²) < 4.78 is 17.5. The van der Waals surface area contributed by atoms with Gasteiger partial charge < -0.3 is 4.74 Å². The zero-order valence-electron chi connectivity index (χ0n) is 10.8. The summed E-state index contributed by atoms with van der Waals surface area (Å²) >= 11 is 0. The Hall–Kier alpha value is -0.310. The SMILES string of the molecule is CC(C)=COCCC1(C)CCCCCS1=O. The third-order valence-electron chi connectivity index (χ3n) is 3.15. The average molecular weight is 244 g/mol. The van der Waals surface area contributed by atoms with Crippen LogP contribution in [0.25, 0.3) is 0 Å². The zero-order valence-corrected chi connectivity index (χ0v) is 11.6. The number of allylic oxidation sites excluding steroid dienone is 1. The van der Waals surface area contributed by atoms with Crippen LogP contribution < -0.4 is 0 Å². The van der Waals surface area contributed by atoms with Crippen molar-refractivity contribution >= 4 is 10.8 Å². The molecule has 1 rings (SSSR count). The first-order valence-corrected chi connectivity index (χ1v) is 7.50. The molecular weight excluding hydrogens is 220 g/mol. The van der Waals surface area contributed by atoms with Crippen LogP contribution in [0.5, 0.6) is 0 Å². The fraction of sp³-hybridized carbons (Fsp3) is 0.846. The fourth-order valence-corrected chi connectivity index (χ4v) is 3.65. The van der Waals surface area contributed by atoms with E-state index in [1.54, 1.807) is 6.26 Å². The fourth-order valence-electron chi connectivity index (χ4n) is 2.01. The van der Waals surface area contributed by atoms with Gasteiger partial charge in [0.2, 0.25) is 0 Å². The number of rotatable bonds is 4. The van der Waals surface area contributed by atoms with E-state index < -0.39 is 10.8 Å². The Morgan fingerprint density at radius 1 is 1.38 bits per heavy atom. The maximum atomic E-state index is 12.1. The van der Waals surface area contributed by atoms with Crippen molar-refractivity contribution in [2.75, 3.05) is 12.4 Å². The normalized spacial score (nSPS) is 30.6. The second-order valence-electron chi connectivity index (χ2n) is 5.13. The molecule has 0 saturated carbocycles. The van der Waals surface area contributed by atoms with E-state index in [1.165, 1.54) is 18.4 Å². The zero-order chi connectivity index (χ0) is 12.0. The van der Waals surface area contributed by atoms with Crippen molar-refractivity contribution < 1.29 is 8.95 Å². The van der Waals surface area contributed by atoms with Crippen molar-refractivity contribution in [3.05, 3.63) is 11.8 Å². The summed E-state index contributed by atoms with van der Waals surface area (Å²) in [5, 5.41) is 0. The molecule has 0 aromatic rings. The summed E-state index contributed by atoms with van der Waals surface area (Å²) in [5.74, 6) is 0.874. The lowest BCUT2D eigenvalue weighted by atomic mass is 9.99. The number of ether oxygens (including phenoxy) is 1. The minimum absolute atomic E-state index is 0.0218. The molecule has 1 aliphatic heterocycles. The van der Waals surface area contributed by atoms with Crippen molar-refractivity contribution in [2.24, 2.45) is 0 Å². The maximum absolute atomic E-state index is 12.1. The first-order valence-electron chi connectivity index (χ1n) is 6.18. The summed E-state index contributed by atoms with van der Waals surface area (Å²) in [6.07, 6.45) is 7.35. The monoisotopic (exact) mass is 244 g/mol. The van der Waals surface area contributed by atoms with Crippen molar-refractivity contribution in [3.8, 4) is 0 Å². The van der Waals surface area contributed by atoms with Crippen LogP contribution >= 0.6 is 0 Å². The van der Waals surface area contributed by atoms with Crippen molar-refractivity contribution in [1.82, 2.24) is 0 Å². The molecule has 0 aliphatic carbocycles. The van der Waals surface area contributed by atoms with Gasteiger partial charge in [0.05, 0.1) is 12.9 Å². The molecule has 2 atom stereocenters. The predicted molar refractivity (Wildman–Crippen MR) is 69.9 cm³/mol. The summed E-state index contributed by atoms with van der Waals surface area (Å²) in [4.78, 5) is 0. The topological polar surface area (TPSA) is 26.3 Å². The van der Waals surface area contributed by atoms with Gasteiger partial charge in [0.15, 0.2) is 0 Å². The highest BCUT2D eigenvalue weighted by Gasteiger charge is 2.32. The minimum Gasteiger partial charge on any atom is -0.501 e. The van der Waals surface area contributed by atoms with Gasteiger partial charge in [-0.25, -0.2) is 0 Å². The molecule has 0 N–H and O–H groups in total. The number of hydrogen-bond donors (Lipinski definition) is 0. The van der Waals surface area contributed by atoms with Gasteiger partial charge in [-0.15, -0.1) is 0 Å². The van der Waals surface area contributed by atoms with E-state index >= 15 is 0 Å². The quantitative estimate of drug-likeness (QED) is 0.559. The minimum atomic E-state index is -0.676. The van der Waals surface area contributed by atoms with Crippen molar-refractivity contribution in [2.45, 2.75) is 57.6 Å². The Morgan fingerprint density at radius 2 is 2.12 bits per heavy atom. The van der Waals surface area contributed by atoms with Gasteiger partial charge in [0, 0.05) is 21.3 Å². The van der Waals surface area contributed by atoms with Crippen LogP contribution in [0.1, 0.15) is 52.9 Å². The molecule has 1 aliphatic rings. The predicted octanol–water partition coefficient (Wildman–Crippen LogP) is 3.40. The third-order valence-corrected chi connectivity index (χ3v) is 5.32. The molecule has 2 unspecified atom stereocenters. The van der Waals surface area contributed by atoms with E-state index in [0.29, 0.717) is 6.61 Å². The van der Waals surface area contributed by atoms with E-state index in [1.807, 2.05) is 13.8 Å². The molecule has 16 heavy (non-hydrogen) atoms. The summed E-state index contributed by atoms with van der Waals surface area (Å²) in [7, 11) is -0.676. The highest BCUT2D eigenvalue weighted by molar-refractivity contribution is 7.86. The maximum Gasteiger partial charge on any atom is 0.0887 e. The molecule has 0 radical (unpaired) electrons. The number of hydrogen-bond acceptors (Lipinski definition) is 2. The Kier molecular flexibility index (Phi) is 5.53. The molecular formula is C13H24O2S. The van der Waals surface area contributed by atoms with E-state index in [0.717, 1.165) is 25.0 Å². The molecule has 1 saturated heterocycles. The standard InChI is InChI=1S/C13H24O2S/c1-12(2)11-15-9-8-13(3)7-5-4-6-10-16(13)14/h11H,4-10H2,1-3H3. The first-order chi connectivity index (χ1) is 7.54. The average Bonchev–Trinajstić information content (AvgIpc) is 2.38. The molecule has 0 aromatic heterocycles. The van der Waals surface area contributed by atoms with Gasteiger partial charge >= 0.3 is 0 Å². The van der Waals surface area contributed by atoms with Gasteiger partial charge in [-0.05, 0) is 45.6 Å². The van der Waals surface area contributed by atoms with E-state index in [2.05, 4.69) is 6.92 Å². The van der Waals surface area contributed by atoms with Crippen LogP contribution in [0, 0.1) is 0 Å². The first kappa shape index (κ1) is 13.8. The van der Waals surface area contributed by atoms with Crippen molar-refractivity contribution in [3.63, 3.8) is 0 Å². The lowest BCUT2D eigenvalue weighted by Gasteiger charge is -2.26. The van der Waals surface area contributed by atoms with Gasteiger partial charge in [0.1, 0.15) is 0 Å². The summed E-state index contributed by atoms with van der Waals surface area (Å²) in [5.41, 5.74) is 1.17. The Labute approximate surface area is 102 Å². The lowest BCUT2D eigenvalue weighted by molar-refractivity contribution is 0.226. The molecule has 2 nitrogen and oxygen atoms in total. The molecule has 94 valence electrons. The largest absolute Gasteiger partial charge is 0.501 e.